The molecule has 0 atom stereocenters. The first-order valence-electron chi connectivity index (χ1n) is 8.84. The Kier molecular flexibility index (Phi) is 10.6. The maximum Gasteiger partial charge on any atom is 0.190 e. The number of halogens is 1. The summed E-state index contributed by atoms with van der Waals surface area (Å²) in [5.41, 5.74) is 3.84. The molecule has 1 heterocycles. The zero-order valence-electron chi connectivity index (χ0n) is 15.5. The Morgan fingerprint density at radius 1 is 1.16 bits per heavy atom. The molecule has 0 saturated carbocycles. The van der Waals surface area contributed by atoms with E-state index in [0.29, 0.717) is 0 Å². The van der Waals surface area contributed by atoms with E-state index >= 15 is 0 Å². The van der Waals surface area contributed by atoms with Crippen molar-refractivity contribution in [3.63, 3.8) is 0 Å². The number of para-hydroxylation sites is 1. The van der Waals surface area contributed by atoms with Crippen molar-refractivity contribution in [2.45, 2.75) is 33.1 Å². The van der Waals surface area contributed by atoms with Crippen LogP contribution in [0.5, 0.6) is 0 Å². The Bertz CT molecular complexity index is 654. The maximum atomic E-state index is 5.34. The van der Waals surface area contributed by atoms with Crippen LogP contribution in [0.3, 0.4) is 0 Å². The van der Waals surface area contributed by atoms with E-state index in [1.165, 1.54) is 22.2 Å². The minimum atomic E-state index is 0. The summed E-state index contributed by atoms with van der Waals surface area (Å²) < 4.78 is 5.34. The van der Waals surface area contributed by atoms with E-state index in [9.17, 15) is 0 Å². The number of aliphatic imine (C=N–C) groups is 1. The molecule has 0 spiro atoms. The lowest BCUT2D eigenvalue weighted by atomic mass is 10.1. The van der Waals surface area contributed by atoms with Crippen molar-refractivity contribution < 1.29 is 4.74 Å². The fraction of sp³-hybridized carbons (Fsp3) is 0.526. The Hall–Kier alpha value is -1.28. The quantitative estimate of drug-likeness (QED) is 0.233. The molecule has 0 amide bonds. The van der Waals surface area contributed by atoms with Crippen LogP contribution in [-0.2, 0) is 11.2 Å². The van der Waals surface area contributed by atoms with Crippen LogP contribution in [-0.4, -0.2) is 44.3 Å². The van der Waals surface area contributed by atoms with Crippen LogP contribution in [0.15, 0.2) is 29.3 Å². The molecule has 1 aromatic heterocycles. The number of aromatic nitrogens is 1. The number of unbranched alkanes of at least 4 members (excludes halogenated alkanes) is 1. The fourth-order valence-corrected chi connectivity index (χ4v) is 2.86. The number of benzene rings is 1. The van der Waals surface area contributed by atoms with Gasteiger partial charge in [-0.25, -0.2) is 0 Å². The fourth-order valence-electron chi connectivity index (χ4n) is 2.86. The number of fused-ring (bicyclic) bond motifs is 1. The van der Waals surface area contributed by atoms with Crippen LogP contribution in [0.4, 0.5) is 0 Å². The summed E-state index contributed by atoms with van der Waals surface area (Å²) in [6.07, 6.45) is 3.13. The Morgan fingerprint density at radius 3 is 2.68 bits per heavy atom. The minimum absolute atomic E-state index is 0. The summed E-state index contributed by atoms with van der Waals surface area (Å²) in [6, 6.07) is 8.47. The summed E-state index contributed by atoms with van der Waals surface area (Å²) >= 11 is 0. The average molecular weight is 458 g/mol. The highest BCUT2D eigenvalue weighted by molar-refractivity contribution is 14.0. The SMILES string of the molecule is CCOCCCCNC(=NC)NCCc1c(C)[nH]c2ccccc12.I. The molecule has 2 aromatic rings. The molecular formula is C19H31IN4O. The number of H-pyrrole nitrogens is 1. The predicted molar refractivity (Wildman–Crippen MR) is 117 cm³/mol. The zero-order valence-corrected chi connectivity index (χ0v) is 17.9. The Labute approximate surface area is 168 Å². The van der Waals surface area contributed by atoms with Crippen molar-refractivity contribution in [3.05, 3.63) is 35.5 Å². The van der Waals surface area contributed by atoms with Gasteiger partial charge in [0.15, 0.2) is 5.96 Å². The number of aryl methyl sites for hydroxylation is 1. The third-order valence-electron chi connectivity index (χ3n) is 4.13. The number of guanidine groups is 1. The number of nitrogens with one attached hydrogen (secondary N) is 3. The number of nitrogens with zero attached hydrogens (tertiary/aromatic N) is 1. The molecule has 0 aliphatic carbocycles. The molecule has 0 radical (unpaired) electrons. The lowest BCUT2D eigenvalue weighted by molar-refractivity contribution is 0.143. The van der Waals surface area contributed by atoms with E-state index in [2.05, 4.69) is 51.8 Å². The molecule has 0 saturated heterocycles. The van der Waals surface area contributed by atoms with Gasteiger partial charge in [0.2, 0.25) is 0 Å². The summed E-state index contributed by atoms with van der Waals surface area (Å²) in [4.78, 5) is 7.73. The van der Waals surface area contributed by atoms with Crippen LogP contribution in [0.2, 0.25) is 0 Å². The van der Waals surface area contributed by atoms with Gasteiger partial charge in [0.25, 0.3) is 0 Å². The molecule has 6 heteroatoms. The number of rotatable bonds is 9. The van der Waals surface area contributed by atoms with Crippen molar-refractivity contribution in [1.29, 1.82) is 0 Å². The van der Waals surface area contributed by atoms with Crippen LogP contribution in [0, 0.1) is 6.92 Å². The molecule has 3 N–H and O–H groups in total. The van der Waals surface area contributed by atoms with E-state index in [0.717, 1.165) is 51.5 Å². The standard InChI is InChI=1S/C19H30N4O.HI/c1-4-24-14-8-7-12-21-19(20-3)22-13-11-16-15(2)23-18-10-6-5-9-17(16)18;/h5-6,9-10,23H,4,7-8,11-14H2,1-3H3,(H2,20,21,22);1H. The molecule has 0 unspecified atom stereocenters. The molecule has 140 valence electrons. The van der Waals surface area contributed by atoms with Gasteiger partial charge < -0.3 is 20.4 Å². The molecule has 0 bridgehead atoms. The van der Waals surface area contributed by atoms with Crippen LogP contribution in [0.1, 0.15) is 31.0 Å². The van der Waals surface area contributed by atoms with Crippen molar-refractivity contribution in [3.8, 4) is 0 Å². The second-order valence-electron chi connectivity index (χ2n) is 5.85. The first-order chi connectivity index (χ1) is 11.8. The van der Waals surface area contributed by atoms with Gasteiger partial charge in [-0.3, -0.25) is 4.99 Å². The monoisotopic (exact) mass is 458 g/mol. The van der Waals surface area contributed by atoms with Gasteiger partial charge >= 0.3 is 0 Å². The second-order valence-corrected chi connectivity index (χ2v) is 5.85. The lowest BCUT2D eigenvalue weighted by Crippen LogP contribution is -2.38. The molecule has 2 rings (SSSR count). The van der Waals surface area contributed by atoms with Gasteiger partial charge in [-0.2, -0.15) is 0 Å². The third kappa shape index (κ3) is 6.86. The highest BCUT2D eigenvalue weighted by Gasteiger charge is 2.07. The molecule has 0 aliphatic rings. The predicted octanol–water partition coefficient (Wildman–Crippen LogP) is 3.62. The van der Waals surface area contributed by atoms with Crippen molar-refractivity contribution in [2.24, 2.45) is 4.99 Å². The number of aromatic amines is 1. The minimum Gasteiger partial charge on any atom is -0.382 e. The Balaban J connectivity index is 0.00000312. The summed E-state index contributed by atoms with van der Waals surface area (Å²) in [5.74, 6) is 0.865. The number of ether oxygens (including phenoxy) is 1. The molecule has 1 aromatic carbocycles. The molecule has 5 nitrogen and oxygen atoms in total. The molecular weight excluding hydrogens is 427 g/mol. The maximum absolute atomic E-state index is 5.34. The van der Waals surface area contributed by atoms with Gasteiger partial charge in [-0.15, -0.1) is 24.0 Å². The van der Waals surface area contributed by atoms with Gasteiger partial charge in [0.1, 0.15) is 0 Å². The van der Waals surface area contributed by atoms with Crippen molar-refractivity contribution in [1.82, 2.24) is 15.6 Å². The van der Waals surface area contributed by atoms with Gasteiger partial charge in [-0.1, -0.05) is 18.2 Å². The average Bonchev–Trinajstić information content (AvgIpc) is 2.92. The Morgan fingerprint density at radius 2 is 1.92 bits per heavy atom. The second kappa shape index (κ2) is 12.1. The van der Waals surface area contributed by atoms with E-state index < -0.39 is 0 Å². The topological polar surface area (TPSA) is 61.4 Å². The van der Waals surface area contributed by atoms with Crippen LogP contribution in [0.25, 0.3) is 10.9 Å². The smallest absolute Gasteiger partial charge is 0.190 e. The zero-order chi connectivity index (χ0) is 17.2. The highest BCUT2D eigenvalue weighted by Crippen LogP contribution is 2.21. The van der Waals surface area contributed by atoms with E-state index in [1.54, 1.807) is 0 Å². The summed E-state index contributed by atoms with van der Waals surface area (Å²) in [5, 5.41) is 8.06. The van der Waals surface area contributed by atoms with E-state index in [4.69, 9.17) is 4.74 Å². The summed E-state index contributed by atoms with van der Waals surface area (Å²) in [6.45, 7) is 7.58. The normalized spacial score (nSPS) is 11.4. The molecule has 0 aliphatic heterocycles. The van der Waals surface area contributed by atoms with E-state index in [-0.39, 0.29) is 24.0 Å². The molecule has 25 heavy (non-hydrogen) atoms. The van der Waals surface area contributed by atoms with Crippen LogP contribution >= 0.6 is 24.0 Å². The third-order valence-corrected chi connectivity index (χ3v) is 4.13. The van der Waals surface area contributed by atoms with Gasteiger partial charge in [0, 0.05) is 49.9 Å². The van der Waals surface area contributed by atoms with Gasteiger partial charge in [0.05, 0.1) is 0 Å². The summed E-state index contributed by atoms with van der Waals surface area (Å²) in [7, 11) is 1.81. The number of hydrogen-bond acceptors (Lipinski definition) is 2. The lowest BCUT2D eigenvalue weighted by Gasteiger charge is -2.12. The first-order valence-corrected chi connectivity index (χ1v) is 8.84. The van der Waals surface area contributed by atoms with Crippen LogP contribution < -0.4 is 10.6 Å². The van der Waals surface area contributed by atoms with E-state index in [1.807, 2.05) is 14.0 Å². The largest absolute Gasteiger partial charge is 0.382 e. The molecule has 0 fully saturated rings. The van der Waals surface area contributed by atoms with Gasteiger partial charge in [-0.05, 0) is 44.7 Å². The van der Waals surface area contributed by atoms with Crippen molar-refractivity contribution in [2.75, 3.05) is 33.4 Å². The van der Waals surface area contributed by atoms with Crippen molar-refractivity contribution >= 4 is 40.8 Å². The highest BCUT2D eigenvalue weighted by atomic mass is 127. The first kappa shape index (κ1) is 21.8. The number of hydrogen-bond donors (Lipinski definition) is 3.